The summed E-state index contributed by atoms with van der Waals surface area (Å²) in [5.41, 5.74) is 13.8. The molecule has 2 atom stereocenters. The van der Waals surface area contributed by atoms with Gasteiger partial charge in [0.2, 0.25) is 0 Å². The Kier molecular flexibility index (Phi) is 8.57. The molecule has 4 aromatic rings. The molecule has 0 nitrogen and oxygen atoms in total. The molecule has 0 aromatic heterocycles. The number of allylic oxidation sites excluding steroid dienone is 2. The predicted molar refractivity (Wildman–Crippen MR) is 194 cm³/mol. The Morgan fingerprint density at radius 3 is 1.39 bits per heavy atom. The van der Waals surface area contributed by atoms with E-state index in [1.807, 2.05) is 0 Å². The van der Waals surface area contributed by atoms with Crippen molar-refractivity contribution in [2.45, 2.75) is 82.2 Å². The molecule has 0 amide bonds. The zero-order chi connectivity index (χ0) is 31.2. The normalized spacial score (nSPS) is 17.4. The molecule has 2 aliphatic rings. The first kappa shape index (κ1) is 31.4. The van der Waals surface area contributed by atoms with Crippen molar-refractivity contribution in [2.75, 3.05) is 0 Å². The van der Waals surface area contributed by atoms with E-state index >= 15 is 0 Å². The minimum atomic E-state index is -3.78. The Balaban J connectivity index is 1.48. The second-order valence-electron chi connectivity index (χ2n) is 15.0. The van der Waals surface area contributed by atoms with Crippen molar-refractivity contribution < 1.29 is 17.1 Å². The van der Waals surface area contributed by atoms with Gasteiger partial charge in [-0.3, -0.25) is 0 Å². The Morgan fingerprint density at radius 2 is 1.02 bits per heavy atom. The van der Waals surface area contributed by atoms with E-state index in [9.17, 15) is 0 Å². The third kappa shape index (κ3) is 5.15. The van der Waals surface area contributed by atoms with Crippen LogP contribution in [0, 0.1) is 0 Å². The second-order valence-corrected chi connectivity index (χ2v) is 62.4. The van der Waals surface area contributed by atoms with E-state index in [0.29, 0.717) is 19.2 Å². The van der Waals surface area contributed by atoms with Crippen LogP contribution in [0.25, 0.3) is 34.4 Å². The van der Waals surface area contributed by atoms with Crippen LogP contribution in [0.3, 0.4) is 0 Å². The molecule has 4 aromatic carbocycles. The van der Waals surface area contributed by atoms with Crippen molar-refractivity contribution in [1.82, 2.24) is 0 Å². The monoisotopic (exact) mass is 762 g/mol. The predicted octanol–water partition coefficient (Wildman–Crippen LogP) is 12.9. The molecule has 2 aliphatic carbocycles. The van der Waals surface area contributed by atoms with E-state index in [-0.39, 0.29) is 0 Å². The van der Waals surface area contributed by atoms with Crippen LogP contribution in [0.5, 0.6) is 0 Å². The van der Waals surface area contributed by atoms with Crippen molar-refractivity contribution >= 4 is 17.6 Å². The van der Waals surface area contributed by atoms with Crippen LogP contribution < -0.4 is 0 Å². The average Bonchev–Trinajstić information content (AvgIpc) is 3.67. The van der Waals surface area contributed by atoms with Gasteiger partial charge in [-0.1, -0.05) is 0 Å². The summed E-state index contributed by atoms with van der Waals surface area (Å²) in [6, 6.07) is 34.4. The molecule has 0 fully saturated rings. The maximum atomic E-state index is 2.86. The molecule has 6 rings (SSSR count). The summed E-state index contributed by atoms with van der Waals surface area (Å²) in [5, 5.41) is 0. The number of benzene rings is 4. The van der Waals surface area contributed by atoms with Crippen LogP contribution >= 0.6 is 0 Å². The van der Waals surface area contributed by atoms with E-state index in [2.05, 4.69) is 160 Å². The van der Waals surface area contributed by atoms with Gasteiger partial charge in [0.05, 0.1) is 0 Å². The van der Waals surface area contributed by atoms with Crippen molar-refractivity contribution in [2.24, 2.45) is 0 Å². The number of fused-ring (bicyclic) bond motifs is 2. The van der Waals surface area contributed by atoms with Crippen LogP contribution in [-0.4, -0.2) is 5.49 Å². The summed E-state index contributed by atoms with van der Waals surface area (Å²) in [6.45, 7) is 14.2. The van der Waals surface area contributed by atoms with E-state index in [1.165, 1.54) is 57.0 Å². The number of hydrogen-bond donors (Lipinski definition) is 0. The molecule has 0 radical (unpaired) electrons. The van der Waals surface area contributed by atoms with Crippen molar-refractivity contribution in [1.29, 1.82) is 0 Å². The minimum absolute atomic E-state index is 0.552. The van der Waals surface area contributed by atoms with Gasteiger partial charge in [-0.15, -0.1) is 0 Å². The summed E-state index contributed by atoms with van der Waals surface area (Å²) >= 11 is -3.78. The van der Waals surface area contributed by atoms with Crippen LogP contribution in [-0.2, 0) is 17.1 Å². The summed E-state index contributed by atoms with van der Waals surface area (Å²) in [5.74, 6) is 1.10. The summed E-state index contributed by atoms with van der Waals surface area (Å²) in [6.07, 6.45) is 11.6. The first-order valence-electron chi connectivity index (χ1n) is 16.9. The van der Waals surface area contributed by atoms with Gasteiger partial charge in [0.15, 0.2) is 0 Å². The molecule has 0 bridgehead atoms. The molecular weight excluding hydrogens is 711 g/mol. The molecule has 0 aliphatic heterocycles. The Morgan fingerprint density at radius 1 is 0.614 bits per heavy atom. The standard InChI is InChI=1S/2C18H17.C4H10Si.2CH3.Hf/c2*1-13(2)14-9-11-16(12-10-14)18-8-4-6-15-5-3-7-17(15)18;1-3-4-5-2;;;/h2*3-13H,1-2H3;3-4H2,1-2H3;2*1H3;. The van der Waals surface area contributed by atoms with Gasteiger partial charge in [0.1, 0.15) is 0 Å². The molecule has 44 heavy (non-hydrogen) atoms. The molecule has 0 saturated carbocycles. The molecule has 0 heterocycles. The zero-order valence-electron chi connectivity index (χ0n) is 28.1. The number of rotatable bonds is 8. The van der Waals surface area contributed by atoms with E-state index in [4.69, 9.17) is 0 Å². The van der Waals surface area contributed by atoms with E-state index in [1.54, 1.807) is 11.1 Å². The zero-order valence-corrected chi connectivity index (χ0v) is 32.7. The molecule has 0 spiro atoms. The topological polar surface area (TPSA) is 0 Å². The van der Waals surface area contributed by atoms with Crippen LogP contribution in [0.15, 0.2) is 97.1 Å². The third-order valence-corrected chi connectivity index (χ3v) is 69.6. The third-order valence-electron chi connectivity index (χ3n) is 11.5. The molecule has 226 valence electrons. The summed E-state index contributed by atoms with van der Waals surface area (Å²) in [4.78, 5) is 0. The Labute approximate surface area is 268 Å². The van der Waals surface area contributed by atoms with E-state index in [0.717, 1.165) is 0 Å². The first-order chi connectivity index (χ1) is 21.0. The van der Waals surface area contributed by atoms with Crippen LogP contribution in [0.1, 0.15) is 93.6 Å². The average molecular weight is 761 g/mol. The van der Waals surface area contributed by atoms with Gasteiger partial charge in [0.25, 0.3) is 0 Å². The molecule has 0 saturated heterocycles. The fraction of sp³-hybridized carbons (Fsp3) is 0.333. The molecular formula is C42H50HfSi. The Hall–Kier alpha value is -2.55. The van der Waals surface area contributed by atoms with Crippen molar-refractivity contribution in [3.63, 3.8) is 0 Å². The maximum absolute atomic E-state index is 3.78. The molecule has 2 heteroatoms. The van der Waals surface area contributed by atoms with Crippen molar-refractivity contribution in [3.8, 4) is 22.3 Å². The van der Waals surface area contributed by atoms with Gasteiger partial charge in [-0.05, 0) is 0 Å². The van der Waals surface area contributed by atoms with Gasteiger partial charge >= 0.3 is 270 Å². The fourth-order valence-corrected chi connectivity index (χ4v) is 52.7. The van der Waals surface area contributed by atoms with Gasteiger partial charge in [0, 0.05) is 0 Å². The van der Waals surface area contributed by atoms with Crippen LogP contribution in [0.2, 0.25) is 22.0 Å². The van der Waals surface area contributed by atoms with Gasteiger partial charge < -0.3 is 0 Å². The van der Waals surface area contributed by atoms with Crippen LogP contribution in [0.4, 0.5) is 0 Å². The first-order valence-corrected chi connectivity index (χ1v) is 35.8. The SMILES string of the molecule is CCC[Si](C)=[Hf]([CH3])([CH3])([CH]1C=Cc2c(-c3ccc(C(C)C)cc3)cccc21)[CH]1C=Cc2c(-c3ccc(C(C)C)cc3)cccc21. The Bertz CT molecular complexity index is 1700. The summed E-state index contributed by atoms with van der Waals surface area (Å²) in [7, 11) is 0. The van der Waals surface area contributed by atoms with Gasteiger partial charge in [-0.25, -0.2) is 0 Å². The fourth-order valence-electron chi connectivity index (χ4n) is 8.31. The molecule has 0 N–H and O–H groups in total. The molecule has 2 unspecified atom stereocenters. The van der Waals surface area contributed by atoms with Gasteiger partial charge in [-0.2, -0.15) is 0 Å². The van der Waals surface area contributed by atoms with Crippen molar-refractivity contribution in [3.05, 3.63) is 130 Å². The summed E-state index contributed by atoms with van der Waals surface area (Å²) < 4.78 is 6.86. The second kappa shape index (κ2) is 12.0. The van der Waals surface area contributed by atoms with E-state index < -0.39 is 22.6 Å². The quantitative estimate of drug-likeness (QED) is 0.157. The number of hydrogen-bond acceptors (Lipinski definition) is 0.